The first-order chi connectivity index (χ1) is 9.54. The average molecular weight is 270 g/mol. The van der Waals surface area contributed by atoms with E-state index in [1.54, 1.807) is 12.3 Å². The van der Waals surface area contributed by atoms with Gasteiger partial charge in [0, 0.05) is 11.9 Å². The minimum absolute atomic E-state index is 0.131. The SMILES string of the molecule is Cc1ccnc(C(=O)Nc2ccc(OC(C)C)cc2)c1. The highest BCUT2D eigenvalue weighted by molar-refractivity contribution is 6.02. The van der Waals surface area contributed by atoms with Crippen molar-refractivity contribution >= 4 is 11.6 Å². The Labute approximate surface area is 118 Å². The zero-order valence-electron chi connectivity index (χ0n) is 11.9. The van der Waals surface area contributed by atoms with Crippen LogP contribution in [0.15, 0.2) is 42.6 Å². The highest BCUT2D eigenvalue weighted by atomic mass is 16.5. The molecule has 0 fully saturated rings. The summed E-state index contributed by atoms with van der Waals surface area (Å²) < 4.78 is 5.55. The lowest BCUT2D eigenvalue weighted by molar-refractivity contribution is 0.102. The Hall–Kier alpha value is -2.36. The van der Waals surface area contributed by atoms with Crippen molar-refractivity contribution in [1.82, 2.24) is 4.98 Å². The maximum atomic E-state index is 12.0. The molecule has 2 rings (SSSR count). The summed E-state index contributed by atoms with van der Waals surface area (Å²) in [4.78, 5) is 16.1. The Morgan fingerprint density at radius 1 is 1.20 bits per heavy atom. The van der Waals surface area contributed by atoms with Gasteiger partial charge in [-0.1, -0.05) is 0 Å². The first-order valence-corrected chi connectivity index (χ1v) is 6.55. The molecule has 1 heterocycles. The fourth-order valence-corrected chi connectivity index (χ4v) is 1.74. The van der Waals surface area contributed by atoms with Crippen LogP contribution in [0.2, 0.25) is 0 Å². The molecule has 0 atom stereocenters. The smallest absolute Gasteiger partial charge is 0.274 e. The second-order valence-electron chi connectivity index (χ2n) is 4.86. The zero-order chi connectivity index (χ0) is 14.5. The quantitative estimate of drug-likeness (QED) is 0.926. The predicted molar refractivity (Wildman–Crippen MR) is 79.1 cm³/mol. The van der Waals surface area contributed by atoms with E-state index in [2.05, 4.69) is 10.3 Å². The molecule has 1 aromatic heterocycles. The molecular weight excluding hydrogens is 252 g/mol. The van der Waals surface area contributed by atoms with Crippen LogP contribution in [0.4, 0.5) is 5.69 Å². The van der Waals surface area contributed by atoms with Crippen LogP contribution in [0.3, 0.4) is 0 Å². The molecule has 0 unspecified atom stereocenters. The van der Waals surface area contributed by atoms with Gasteiger partial charge in [-0.05, 0) is 62.7 Å². The number of anilines is 1. The molecule has 4 nitrogen and oxygen atoms in total. The van der Waals surface area contributed by atoms with Crippen molar-refractivity contribution in [2.45, 2.75) is 26.9 Å². The molecule has 0 spiro atoms. The number of nitrogens with one attached hydrogen (secondary N) is 1. The maximum Gasteiger partial charge on any atom is 0.274 e. The molecule has 0 aliphatic carbocycles. The highest BCUT2D eigenvalue weighted by Gasteiger charge is 2.07. The van der Waals surface area contributed by atoms with Crippen LogP contribution in [0, 0.1) is 6.92 Å². The summed E-state index contributed by atoms with van der Waals surface area (Å²) in [6.45, 7) is 5.87. The second-order valence-corrected chi connectivity index (χ2v) is 4.86. The van der Waals surface area contributed by atoms with Crippen LogP contribution >= 0.6 is 0 Å². The van der Waals surface area contributed by atoms with Crippen molar-refractivity contribution in [2.24, 2.45) is 0 Å². The minimum atomic E-state index is -0.216. The molecule has 0 bridgehead atoms. The molecular formula is C16H18N2O2. The van der Waals surface area contributed by atoms with Gasteiger partial charge < -0.3 is 10.1 Å². The van der Waals surface area contributed by atoms with E-state index in [4.69, 9.17) is 4.74 Å². The summed E-state index contributed by atoms with van der Waals surface area (Å²) in [5.74, 6) is 0.568. The topological polar surface area (TPSA) is 51.2 Å². The van der Waals surface area contributed by atoms with E-state index in [-0.39, 0.29) is 12.0 Å². The molecule has 0 saturated carbocycles. The third-order valence-corrected chi connectivity index (χ3v) is 2.63. The fraction of sp³-hybridized carbons (Fsp3) is 0.250. The first-order valence-electron chi connectivity index (χ1n) is 6.55. The summed E-state index contributed by atoms with van der Waals surface area (Å²) in [7, 11) is 0. The average Bonchev–Trinajstić information content (AvgIpc) is 2.40. The van der Waals surface area contributed by atoms with E-state index in [9.17, 15) is 4.79 Å². The molecule has 4 heteroatoms. The Kier molecular flexibility index (Phi) is 4.35. The number of benzene rings is 1. The normalized spacial score (nSPS) is 10.4. The number of pyridine rings is 1. The van der Waals surface area contributed by atoms with Gasteiger partial charge in [-0.25, -0.2) is 0 Å². The molecule has 104 valence electrons. The van der Waals surface area contributed by atoms with Gasteiger partial charge in [-0.3, -0.25) is 9.78 Å². The second kappa shape index (κ2) is 6.19. The number of carbonyl (C=O) groups is 1. The van der Waals surface area contributed by atoms with Crippen molar-refractivity contribution in [3.63, 3.8) is 0 Å². The number of hydrogen-bond acceptors (Lipinski definition) is 3. The number of amides is 1. The molecule has 1 N–H and O–H groups in total. The van der Waals surface area contributed by atoms with E-state index < -0.39 is 0 Å². The Morgan fingerprint density at radius 3 is 2.50 bits per heavy atom. The Balaban J connectivity index is 2.04. The van der Waals surface area contributed by atoms with Crippen molar-refractivity contribution in [2.75, 3.05) is 5.32 Å². The van der Waals surface area contributed by atoms with Gasteiger partial charge >= 0.3 is 0 Å². The van der Waals surface area contributed by atoms with Gasteiger partial charge in [0.05, 0.1) is 6.10 Å². The maximum absolute atomic E-state index is 12.0. The van der Waals surface area contributed by atoms with Gasteiger partial charge in [-0.2, -0.15) is 0 Å². The molecule has 1 amide bonds. The number of aromatic nitrogens is 1. The van der Waals surface area contributed by atoms with Crippen molar-refractivity contribution in [3.05, 3.63) is 53.9 Å². The van der Waals surface area contributed by atoms with E-state index in [1.165, 1.54) is 0 Å². The van der Waals surface area contributed by atoms with E-state index in [0.29, 0.717) is 5.69 Å². The lowest BCUT2D eigenvalue weighted by Crippen LogP contribution is -2.13. The van der Waals surface area contributed by atoms with Gasteiger partial charge in [0.1, 0.15) is 11.4 Å². The van der Waals surface area contributed by atoms with Gasteiger partial charge in [0.2, 0.25) is 0 Å². The van der Waals surface area contributed by atoms with E-state index >= 15 is 0 Å². The number of rotatable bonds is 4. The van der Waals surface area contributed by atoms with Gasteiger partial charge in [0.25, 0.3) is 5.91 Å². The lowest BCUT2D eigenvalue weighted by atomic mass is 10.2. The van der Waals surface area contributed by atoms with Crippen molar-refractivity contribution in [1.29, 1.82) is 0 Å². The van der Waals surface area contributed by atoms with Crippen LogP contribution in [0.1, 0.15) is 29.9 Å². The van der Waals surface area contributed by atoms with E-state index in [1.807, 2.05) is 51.1 Å². The van der Waals surface area contributed by atoms with Crippen LogP contribution < -0.4 is 10.1 Å². The Morgan fingerprint density at radius 2 is 1.90 bits per heavy atom. The summed E-state index contributed by atoms with van der Waals surface area (Å²) >= 11 is 0. The van der Waals surface area contributed by atoms with Crippen molar-refractivity contribution in [3.8, 4) is 5.75 Å². The van der Waals surface area contributed by atoms with Gasteiger partial charge in [-0.15, -0.1) is 0 Å². The number of hydrogen-bond donors (Lipinski definition) is 1. The molecule has 0 aliphatic rings. The zero-order valence-corrected chi connectivity index (χ0v) is 11.9. The third-order valence-electron chi connectivity index (χ3n) is 2.63. The molecule has 0 aliphatic heterocycles. The standard InChI is InChI=1S/C16H18N2O2/c1-11(2)20-14-6-4-13(5-7-14)18-16(19)15-10-12(3)8-9-17-15/h4-11H,1-3H3,(H,18,19). The number of nitrogens with zero attached hydrogens (tertiary/aromatic N) is 1. The lowest BCUT2D eigenvalue weighted by Gasteiger charge is -2.10. The Bertz CT molecular complexity index is 592. The summed E-state index contributed by atoms with van der Waals surface area (Å²) in [5.41, 5.74) is 2.13. The molecule has 1 aromatic carbocycles. The summed E-state index contributed by atoms with van der Waals surface area (Å²) in [6.07, 6.45) is 1.76. The monoisotopic (exact) mass is 270 g/mol. The molecule has 0 radical (unpaired) electrons. The number of aryl methyl sites for hydroxylation is 1. The molecule has 0 saturated heterocycles. The van der Waals surface area contributed by atoms with Crippen molar-refractivity contribution < 1.29 is 9.53 Å². The fourth-order valence-electron chi connectivity index (χ4n) is 1.74. The van der Waals surface area contributed by atoms with Gasteiger partial charge in [0.15, 0.2) is 0 Å². The summed E-state index contributed by atoms with van der Waals surface area (Å²) in [5, 5.41) is 2.81. The minimum Gasteiger partial charge on any atom is -0.491 e. The van der Waals surface area contributed by atoms with Crippen LogP contribution in [-0.4, -0.2) is 17.0 Å². The largest absolute Gasteiger partial charge is 0.491 e. The van der Waals surface area contributed by atoms with Crippen LogP contribution in [0.25, 0.3) is 0 Å². The predicted octanol–water partition coefficient (Wildman–Crippen LogP) is 3.43. The first kappa shape index (κ1) is 14.1. The molecule has 2 aromatic rings. The third kappa shape index (κ3) is 3.82. The van der Waals surface area contributed by atoms with E-state index in [0.717, 1.165) is 17.0 Å². The summed E-state index contributed by atoms with van der Waals surface area (Å²) in [6, 6.07) is 10.9. The highest BCUT2D eigenvalue weighted by Crippen LogP contribution is 2.17. The number of ether oxygens (including phenoxy) is 1. The van der Waals surface area contributed by atoms with Crippen LogP contribution in [0.5, 0.6) is 5.75 Å². The number of carbonyl (C=O) groups excluding carboxylic acids is 1. The van der Waals surface area contributed by atoms with Crippen LogP contribution in [-0.2, 0) is 0 Å². The molecule has 20 heavy (non-hydrogen) atoms.